The summed E-state index contributed by atoms with van der Waals surface area (Å²) in [6.45, 7) is 0.162. The second kappa shape index (κ2) is 9.69. The van der Waals surface area contributed by atoms with Gasteiger partial charge in [-0.15, -0.1) is 0 Å². The highest BCUT2D eigenvalue weighted by Crippen LogP contribution is 2.17. The van der Waals surface area contributed by atoms with Crippen molar-refractivity contribution in [2.45, 2.75) is 6.04 Å². The van der Waals surface area contributed by atoms with Crippen LogP contribution in [-0.2, 0) is 4.79 Å². The minimum Gasteiger partial charge on any atom is -0.328 e. The summed E-state index contributed by atoms with van der Waals surface area (Å²) in [7, 11) is 0. The molecule has 2 amide bonds. The fraction of sp³-hybridized carbons (Fsp3) is 0.0909. The highest BCUT2D eigenvalue weighted by atomic mass is 35.5. The van der Waals surface area contributed by atoms with E-state index in [0.717, 1.165) is 11.1 Å². The zero-order valence-electron chi connectivity index (χ0n) is 15.1. The van der Waals surface area contributed by atoms with Gasteiger partial charge in [-0.25, -0.2) is 0 Å². The average Bonchev–Trinajstić information content (AvgIpc) is 2.74. The summed E-state index contributed by atoms with van der Waals surface area (Å²) in [6.07, 6.45) is 0. The number of hydrogen-bond donors (Lipinski definition) is 3. The molecule has 6 heteroatoms. The van der Waals surface area contributed by atoms with E-state index in [1.54, 1.807) is 24.3 Å². The first-order chi connectivity index (χ1) is 13.6. The third-order valence-corrected chi connectivity index (χ3v) is 4.53. The van der Waals surface area contributed by atoms with Crippen LogP contribution in [0.5, 0.6) is 0 Å². The lowest BCUT2D eigenvalue weighted by molar-refractivity contribution is -0.676. The number of hydrazine groups is 1. The number of quaternary nitrogens is 1. The Labute approximate surface area is 168 Å². The van der Waals surface area contributed by atoms with Crippen LogP contribution >= 0.6 is 11.6 Å². The van der Waals surface area contributed by atoms with Gasteiger partial charge in [-0.1, -0.05) is 72.3 Å². The van der Waals surface area contributed by atoms with Gasteiger partial charge in [0.05, 0.1) is 0 Å². The molecule has 3 rings (SSSR count). The highest BCUT2D eigenvalue weighted by molar-refractivity contribution is 6.30. The number of rotatable bonds is 6. The molecule has 3 aromatic rings. The number of nitrogens with one attached hydrogen (secondary N) is 2. The molecule has 0 fully saturated rings. The zero-order valence-corrected chi connectivity index (χ0v) is 15.9. The van der Waals surface area contributed by atoms with E-state index in [9.17, 15) is 9.59 Å². The number of benzene rings is 3. The van der Waals surface area contributed by atoms with Gasteiger partial charge >= 0.3 is 0 Å². The second-order valence-corrected chi connectivity index (χ2v) is 6.68. The zero-order chi connectivity index (χ0) is 19.8. The maximum atomic E-state index is 12.2. The maximum absolute atomic E-state index is 12.2. The standard InChI is InChI=1S/C22H20ClN3O2/c23-19-13-11-18(12-14-19)22(28)26-25-20(27)15-24-21(16-7-3-1-4-8-16)17-9-5-2-6-10-17/h1-14,21,24H,15H2,(H,25,27)(H,26,28)/p+1. The Morgan fingerprint density at radius 1 is 0.786 bits per heavy atom. The van der Waals surface area contributed by atoms with Crippen LogP contribution in [0.4, 0.5) is 0 Å². The first-order valence-electron chi connectivity index (χ1n) is 8.91. The predicted octanol–water partition coefficient (Wildman–Crippen LogP) is 2.45. The normalized spacial score (nSPS) is 10.5. The largest absolute Gasteiger partial charge is 0.328 e. The van der Waals surface area contributed by atoms with Crippen molar-refractivity contribution in [2.75, 3.05) is 6.54 Å². The van der Waals surface area contributed by atoms with Crippen LogP contribution in [0, 0.1) is 0 Å². The van der Waals surface area contributed by atoms with Gasteiger partial charge in [0.25, 0.3) is 11.8 Å². The van der Waals surface area contributed by atoms with Crippen LogP contribution in [0.2, 0.25) is 5.02 Å². The van der Waals surface area contributed by atoms with E-state index in [-0.39, 0.29) is 18.5 Å². The molecule has 0 aliphatic heterocycles. The molecule has 0 atom stereocenters. The number of amides is 2. The fourth-order valence-corrected chi connectivity index (χ4v) is 2.99. The van der Waals surface area contributed by atoms with Crippen molar-refractivity contribution in [3.63, 3.8) is 0 Å². The Kier molecular flexibility index (Phi) is 6.78. The first-order valence-corrected chi connectivity index (χ1v) is 9.29. The number of halogens is 1. The van der Waals surface area contributed by atoms with Crippen LogP contribution in [-0.4, -0.2) is 18.4 Å². The van der Waals surface area contributed by atoms with E-state index in [1.165, 1.54) is 0 Å². The van der Waals surface area contributed by atoms with Crippen molar-refractivity contribution >= 4 is 23.4 Å². The molecular formula is C22H21ClN3O2+. The third kappa shape index (κ3) is 5.42. The number of hydrogen-bond acceptors (Lipinski definition) is 2. The van der Waals surface area contributed by atoms with Crippen molar-refractivity contribution in [3.8, 4) is 0 Å². The topological polar surface area (TPSA) is 74.8 Å². The predicted molar refractivity (Wildman–Crippen MR) is 109 cm³/mol. The van der Waals surface area contributed by atoms with Crippen LogP contribution in [0.1, 0.15) is 27.5 Å². The second-order valence-electron chi connectivity index (χ2n) is 6.25. The van der Waals surface area contributed by atoms with E-state index in [0.29, 0.717) is 10.6 Å². The molecular weight excluding hydrogens is 374 g/mol. The molecule has 0 saturated carbocycles. The van der Waals surface area contributed by atoms with Crippen LogP contribution < -0.4 is 16.2 Å². The molecule has 0 aliphatic rings. The van der Waals surface area contributed by atoms with Crippen molar-refractivity contribution in [3.05, 3.63) is 107 Å². The molecule has 4 N–H and O–H groups in total. The number of carbonyl (C=O) groups is 2. The van der Waals surface area contributed by atoms with Gasteiger partial charge in [0.2, 0.25) is 0 Å². The molecule has 142 valence electrons. The lowest BCUT2D eigenvalue weighted by atomic mass is 9.99. The average molecular weight is 395 g/mol. The molecule has 0 unspecified atom stereocenters. The SMILES string of the molecule is O=C(C[NH2+]C(c1ccccc1)c1ccccc1)NNC(=O)c1ccc(Cl)cc1. The summed E-state index contributed by atoms with van der Waals surface area (Å²) >= 11 is 5.81. The lowest BCUT2D eigenvalue weighted by Gasteiger charge is -2.16. The van der Waals surface area contributed by atoms with E-state index in [4.69, 9.17) is 11.6 Å². The number of carbonyl (C=O) groups excluding carboxylic acids is 2. The summed E-state index contributed by atoms with van der Waals surface area (Å²) in [5.41, 5.74) is 7.49. The van der Waals surface area contributed by atoms with Crippen LogP contribution in [0.25, 0.3) is 0 Å². The van der Waals surface area contributed by atoms with Crippen molar-refractivity contribution in [2.24, 2.45) is 0 Å². The molecule has 0 radical (unpaired) electrons. The summed E-state index contributed by atoms with van der Waals surface area (Å²) in [5, 5.41) is 2.48. The Balaban J connectivity index is 1.58. The van der Waals surface area contributed by atoms with E-state index >= 15 is 0 Å². The molecule has 3 aromatic carbocycles. The van der Waals surface area contributed by atoms with Gasteiger partial charge in [-0.3, -0.25) is 20.4 Å². The minimum atomic E-state index is -0.396. The van der Waals surface area contributed by atoms with Gasteiger partial charge in [-0.05, 0) is 24.3 Å². The lowest BCUT2D eigenvalue weighted by Crippen LogP contribution is -2.88. The monoisotopic (exact) mass is 394 g/mol. The maximum Gasteiger partial charge on any atom is 0.293 e. The summed E-state index contributed by atoms with van der Waals surface area (Å²) < 4.78 is 0. The Bertz CT molecular complexity index is 876. The molecule has 0 spiro atoms. The van der Waals surface area contributed by atoms with Crippen LogP contribution in [0.15, 0.2) is 84.9 Å². The summed E-state index contributed by atoms with van der Waals surface area (Å²) in [6, 6.07) is 26.4. The molecule has 0 aliphatic carbocycles. The van der Waals surface area contributed by atoms with E-state index in [1.807, 2.05) is 66.0 Å². The Morgan fingerprint density at radius 3 is 1.86 bits per heavy atom. The van der Waals surface area contributed by atoms with Crippen LogP contribution in [0.3, 0.4) is 0 Å². The van der Waals surface area contributed by atoms with Gasteiger partial charge < -0.3 is 5.32 Å². The van der Waals surface area contributed by atoms with Crippen molar-refractivity contribution in [1.29, 1.82) is 0 Å². The molecule has 0 aromatic heterocycles. The van der Waals surface area contributed by atoms with Gasteiger partial charge in [0.15, 0.2) is 6.54 Å². The Hall–Kier alpha value is -3.15. The fourth-order valence-electron chi connectivity index (χ4n) is 2.86. The molecule has 0 saturated heterocycles. The van der Waals surface area contributed by atoms with Gasteiger partial charge in [-0.2, -0.15) is 0 Å². The molecule has 0 heterocycles. The highest BCUT2D eigenvalue weighted by Gasteiger charge is 2.18. The quantitative estimate of drug-likeness (QED) is 0.562. The smallest absolute Gasteiger partial charge is 0.293 e. The molecule has 28 heavy (non-hydrogen) atoms. The number of nitrogens with two attached hydrogens (primary N) is 1. The third-order valence-electron chi connectivity index (χ3n) is 4.28. The van der Waals surface area contributed by atoms with E-state index < -0.39 is 5.91 Å². The van der Waals surface area contributed by atoms with Crippen molar-refractivity contribution < 1.29 is 14.9 Å². The van der Waals surface area contributed by atoms with Gasteiger partial charge in [0.1, 0.15) is 6.04 Å². The Morgan fingerprint density at radius 2 is 1.32 bits per heavy atom. The molecule has 5 nitrogen and oxygen atoms in total. The molecule has 0 bridgehead atoms. The minimum absolute atomic E-state index is 0.0138. The summed E-state index contributed by atoms with van der Waals surface area (Å²) in [4.78, 5) is 24.3. The first kappa shape index (κ1) is 19.6. The van der Waals surface area contributed by atoms with Crippen molar-refractivity contribution in [1.82, 2.24) is 10.9 Å². The van der Waals surface area contributed by atoms with E-state index in [2.05, 4.69) is 10.9 Å². The van der Waals surface area contributed by atoms with Gasteiger partial charge in [0, 0.05) is 21.7 Å². The summed E-state index contributed by atoms with van der Waals surface area (Å²) in [5.74, 6) is -0.688.